The molecule has 9 nitrogen and oxygen atoms in total. The highest BCUT2D eigenvalue weighted by Gasteiger charge is 2.52. The van der Waals surface area contributed by atoms with E-state index >= 15 is 0 Å². The van der Waals surface area contributed by atoms with E-state index in [-0.39, 0.29) is 44.4 Å². The molecule has 214 valence electrons. The van der Waals surface area contributed by atoms with Gasteiger partial charge in [0.1, 0.15) is 17.5 Å². The zero-order valence-electron chi connectivity index (χ0n) is 22.0. The second kappa shape index (κ2) is 10.7. The van der Waals surface area contributed by atoms with Crippen LogP contribution in [0.2, 0.25) is 0 Å². The van der Waals surface area contributed by atoms with Gasteiger partial charge in [-0.05, 0) is 57.7 Å². The predicted molar refractivity (Wildman–Crippen MR) is 130 cm³/mol. The molecule has 0 radical (unpaired) electrons. The van der Waals surface area contributed by atoms with Crippen molar-refractivity contribution in [1.29, 1.82) is 0 Å². The van der Waals surface area contributed by atoms with Gasteiger partial charge in [-0.2, -0.15) is 13.2 Å². The first kappa shape index (κ1) is 28.8. The Labute approximate surface area is 223 Å². The molecule has 3 heterocycles. The van der Waals surface area contributed by atoms with Crippen molar-refractivity contribution >= 4 is 23.7 Å². The van der Waals surface area contributed by atoms with Gasteiger partial charge in [0, 0.05) is 32.2 Å². The Balaban J connectivity index is 1.49. The molecule has 4 rings (SSSR count). The number of carbonyl (C=O) groups excluding carboxylic acids is 4. The summed E-state index contributed by atoms with van der Waals surface area (Å²) in [5.74, 6) is -3.48. The third-order valence-corrected chi connectivity index (χ3v) is 7.16. The molecule has 0 saturated carbocycles. The van der Waals surface area contributed by atoms with E-state index in [9.17, 15) is 36.7 Å². The highest BCUT2D eigenvalue weighted by Crippen LogP contribution is 2.34. The highest BCUT2D eigenvalue weighted by molar-refractivity contribution is 5.95. The van der Waals surface area contributed by atoms with Gasteiger partial charge in [0.15, 0.2) is 0 Å². The molecule has 13 heteroatoms. The Hall–Kier alpha value is -3.22. The molecule has 3 unspecified atom stereocenters. The average Bonchev–Trinajstić information content (AvgIpc) is 3.52. The summed E-state index contributed by atoms with van der Waals surface area (Å²) in [5, 5.41) is 2.45. The van der Waals surface area contributed by atoms with Gasteiger partial charge in [0.25, 0.3) is 5.78 Å². The minimum absolute atomic E-state index is 0.0653. The van der Waals surface area contributed by atoms with Crippen molar-refractivity contribution in [3.63, 3.8) is 0 Å². The van der Waals surface area contributed by atoms with Crippen molar-refractivity contribution in [2.75, 3.05) is 19.6 Å². The number of rotatable bonds is 7. The largest absolute Gasteiger partial charge is 0.452 e. The van der Waals surface area contributed by atoms with E-state index in [4.69, 9.17) is 4.74 Å². The third-order valence-electron chi connectivity index (χ3n) is 7.16. The number of likely N-dealkylation sites (tertiary alicyclic amines) is 3. The molecule has 1 N–H and O–H groups in total. The Bertz CT molecular complexity index is 1140. The summed E-state index contributed by atoms with van der Waals surface area (Å²) in [6.45, 7) is 5.22. The van der Waals surface area contributed by atoms with Crippen molar-refractivity contribution < 1.29 is 41.5 Å². The molecule has 2 bridgehead atoms. The zero-order valence-corrected chi connectivity index (χ0v) is 22.0. The molecule has 0 aliphatic carbocycles. The van der Waals surface area contributed by atoms with E-state index in [0.29, 0.717) is 18.5 Å². The molecular formula is C26H32F4N4O5. The van der Waals surface area contributed by atoms with Gasteiger partial charge in [-0.1, -0.05) is 12.1 Å². The number of nitrogens with zero attached hydrogens (tertiary/aromatic N) is 3. The van der Waals surface area contributed by atoms with Crippen LogP contribution in [-0.4, -0.2) is 94.0 Å². The fourth-order valence-corrected chi connectivity index (χ4v) is 5.54. The van der Waals surface area contributed by atoms with Gasteiger partial charge in [-0.25, -0.2) is 9.18 Å². The van der Waals surface area contributed by atoms with E-state index in [0.717, 1.165) is 4.90 Å². The first-order chi connectivity index (χ1) is 18.1. The standard InChI is InChI=1S/C26H32F4N4O5/c1-25(2,3)39-24(38)31-18(22(36)33-9-5-8-19(33)21(35)26(28,29)30)14-32-13-17-11-20(32)23(37)34(17)12-15-6-4-7-16(27)10-15/h4,6-7,10,17-20H,5,8-9,11-14H2,1-3H3,(H,31,38)/t17?,18-,19?,20?/m0/s1. The van der Waals surface area contributed by atoms with Crippen LogP contribution in [0.25, 0.3) is 0 Å². The number of hydrogen-bond donors (Lipinski definition) is 1. The number of carbonyl (C=O) groups is 4. The van der Waals surface area contributed by atoms with Gasteiger partial charge in [-0.3, -0.25) is 19.3 Å². The lowest BCUT2D eigenvalue weighted by Crippen LogP contribution is -2.59. The van der Waals surface area contributed by atoms with Gasteiger partial charge in [-0.15, -0.1) is 0 Å². The zero-order chi connectivity index (χ0) is 28.7. The fourth-order valence-electron chi connectivity index (χ4n) is 5.54. The van der Waals surface area contributed by atoms with E-state index in [1.807, 2.05) is 0 Å². The van der Waals surface area contributed by atoms with Gasteiger partial charge in [0.05, 0.1) is 12.1 Å². The first-order valence-electron chi connectivity index (χ1n) is 12.8. The molecule has 3 aliphatic heterocycles. The number of piperazine rings is 1. The molecule has 1 aromatic carbocycles. The number of alkyl carbamates (subject to hydrolysis) is 1. The summed E-state index contributed by atoms with van der Waals surface area (Å²) in [5.41, 5.74) is -0.267. The number of benzene rings is 1. The maximum absolute atomic E-state index is 13.6. The summed E-state index contributed by atoms with van der Waals surface area (Å²) in [6, 6.07) is 2.11. The van der Waals surface area contributed by atoms with E-state index in [1.165, 1.54) is 12.1 Å². The lowest BCUT2D eigenvalue weighted by Gasteiger charge is -2.37. The number of halogens is 4. The number of amides is 3. The van der Waals surface area contributed by atoms with Crippen LogP contribution in [0.1, 0.15) is 45.6 Å². The van der Waals surface area contributed by atoms with Crippen LogP contribution in [0.5, 0.6) is 0 Å². The predicted octanol–water partition coefficient (Wildman–Crippen LogP) is 2.63. The number of Topliss-reactive ketones (excluding diaryl/α,β-unsaturated/α-hetero) is 1. The van der Waals surface area contributed by atoms with Crippen LogP contribution in [-0.2, 0) is 25.7 Å². The number of hydrogen-bond acceptors (Lipinski definition) is 6. The summed E-state index contributed by atoms with van der Waals surface area (Å²) in [7, 11) is 0. The monoisotopic (exact) mass is 556 g/mol. The molecule has 3 amide bonds. The lowest BCUT2D eigenvalue weighted by atomic mass is 10.1. The number of fused-ring (bicyclic) bond motifs is 2. The van der Waals surface area contributed by atoms with Crippen LogP contribution in [0.15, 0.2) is 24.3 Å². The highest BCUT2D eigenvalue weighted by atomic mass is 19.4. The van der Waals surface area contributed by atoms with Crippen molar-refractivity contribution in [3.05, 3.63) is 35.6 Å². The third kappa shape index (κ3) is 6.51. The van der Waals surface area contributed by atoms with Crippen LogP contribution in [0.3, 0.4) is 0 Å². The summed E-state index contributed by atoms with van der Waals surface area (Å²) in [6.07, 6.45) is -5.51. The Morgan fingerprint density at radius 2 is 1.90 bits per heavy atom. The van der Waals surface area contributed by atoms with Crippen molar-refractivity contribution in [2.24, 2.45) is 0 Å². The maximum Gasteiger partial charge on any atom is 0.452 e. The van der Waals surface area contributed by atoms with Crippen LogP contribution < -0.4 is 5.32 Å². The first-order valence-corrected chi connectivity index (χ1v) is 12.8. The lowest BCUT2D eigenvalue weighted by molar-refractivity contribution is -0.177. The molecule has 4 atom stereocenters. The SMILES string of the molecule is CC(C)(C)OC(=O)N[C@@H](CN1CC2CC1C(=O)N2Cc1cccc(F)c1)C(=O)N1CCCC1C(=O)C(F)(F)F. The van der Waals surface area contributed by atoms with Crippen molar-refractivity contribution in [2.45, 2.75) is 82.5 Å². The minimum Gasteiger partial charge on any atom is -0.444 e. The number of nitrogens with one attached hydrogen (secondary N) is 1. The number of ketones is 1. The normalized spacial score (nSPS) is 24.3. The van der Waals surface area contributed by atoms with Crippen LogP contribution >= 0.6 is 0 Å². The van der Waals surface area contributed by atoms with Gasteiger partial charge >= 0.3 is 12.3 Å². The molecule has 3 saturated heterocycles. The molecule has 3 fully saturated rings. The topological polar surface area (TPSA) is 99.3 Å². The summed E-state index contributed by atoms with van der Waals surface area (Å²) < 4.78 is 58.4. The van der Waals surface area contributed by atoms with Gasteiger partial charge in [0.2, 0.25) is 11.8 Å². The smallest absolute Gasteiger partial charge is 0.444 e. The number of ether oxygens (including phenoxy) is 1. The molecule has 0 aromatic heterocycles. The Kier molecular flexibility index (Phi) is 7.93. The summed E-state index contributed by atoms with van der Waals surface area (Å²) >= 11 is 0. The Morgan fingerprint density at radius 1 is 1.18 bits per heavy atom. The molecule has 1 aromatic rings. The van der Waals surface area contributed by atoms with Crippen molar-refractivity contribution in [3.8, 4) is 0 Å². The summed E-state index contributed by atoms with van der Waals surface area (Å²) in [4.78, 5) is 55.4. The number of alkyl halides is 3. The second-order valence-corrected chi connectivity index (χ2v) is 11.2. The fraction of sp³-hybridized carbons (Fsp3) is 0.615. The van der Waals surface area contributed by atoms with E-state index in [1.54, 1.807) is 42.7 Å². The molecule has 3 aliphatic rings. The van der Waals surface area contributed by atoms with Crippen LogP contribution in [0.4, 0.5) is 22.4 Å². The maximum atomic E-state index is 13.6. The van der Waals surface area contributed by atoms with Gasteiger partial charge < -0.3 is 19.9 Å². The molecule has 0 spiro atoms. The van der Waals surface area contributed by atoms with Crippen molar-refractivity contribution in [1.82, 2.24) is 20.0 Å². The average molecular weight is 557 g/mol. The van der Waals surface area contributed by atoms with E-state index < -0.39 is 53.5 Å². The Morgan fingerprint density at radius 3 is 2.51 bits per heavy atom. The second-order valence-electron chi connectivity index (χ2n) is 11.2. The molecular weight excluding hydrogens is 524 g/mol. The van der Waals surface area contributed by atoms with E-state index in [2.05, 4.69) is 5.32 Å². The minimum atomic E-state index is -5.10. The molecule has 39 heavy (non-hydrogen) atoms. The quantitative estimate of drug-likeness (QED) is 0.519. The van der Waals surface area contributed by atoms with Crippen LogP contribution in [0, 0.1) is 5.82 Å².